The van der Waals surface area contributed by atoms with Crippen molar-refractivity contribution >= 4 is 17.2 Å². The molecule has 0 heterocycles. The molecule has 0 saturated heterocycles. The molecule has 0 radical (unpaired) electrons. The van der Waals surface area contributed by atoms with E-state index in [-0.39, 0.29) is 16.9 Å². The third-order valence-electron chi connectivity index (χ3n) is 3.25. The van der Waals surface area contributed by atoms with E-state index in [9.17, 15) is 9.90 Å². The molecule has 0 aromatic heterocycles. The van der Waals surface area contributed by atoms with Crippen LogP contribution in [0.3, 0.4) is 0 Å². The van der Waals surface area contributed by atoms with Gasteiger partial charge in [0.15, 0.2) is 5.78 Å². The summed E-state index contributed by atoms with van der Waals surface area (Å²) in [6.07, 6.45) is 4.37. The van der Waals surface area contributed by atoms with Gasteiger partial charge in [-0.3, -0.25) is 4.79 Å². The number of hydrogen-bond acceptors (Lipinski definition) is 3. The fourth-order valence-electron chi connectivity index (χ4n) is 2.22. The van der Waals surface area contributed by atoms with Crippen molar-refractivity contribution in [3.63, 3.8) is 0 Å². The minimum atomic E-state index is -0.517. The molecule has 1 aromatic carbocycles. The van der Waals surface area contributed by atoms with Crippen LogP contribution in [0.5, 0.6) is 5.75 Å². The molecule has 0 aliphatic carbocycles. The van der Waals surface area contributed by atoms with E-state index in [0.717, 1.165) is 12.0 Å². The van der Waals surface area contributed by atoms with Crippen molar-refractivity contribution in [3.8, 4) is 5.75 Å². The summed E-state index contributed by atoms with van der Waals surface area (Å²) in [6.45, 7) is 13.9. The van der Waals surface area contributed by atoms with Crippen LogP contribution in [0, 0.1) is 10.8 Å². The Labute approximate surface area is 140 Å². The molecule has 0 atom stereocenters. The van der Waals surface area contributed by atoms with Crippen molar-refractivity contribution in [1.82, 2.24) is 0 Å². The first-order chi connectivity index (χ1) is 10.4. The van der Waals surface area contributed by atoms with E-state index in [0.29, 0.717) is 11.4 Å². The Morgan fingerprint density at radius 2 is 1.78 bits per heavy atom. The minimum Gasteiger partial charge on any atom is -0.506 e. The predicted molar refractivity (Wildman–Crippen MR) is 97.6 cm³/mol. The summed E-state index contributed by atoms with van der Waals surface area (Å²) in [5, 5.41) is 10.1. The minimum absolute atomic E-state index is 0.0452. The van der Waals surface area contributed by atoms with Gasteiger partial charge in [0.1, 0.15) is 17.1 Å². The first kappa shape index (κ1) is 19.1. The highest BCUT2D eigenvalue weighted by Gasteiger charge is 2.25. The Hall–Kier alpha value is -1.90. The molecular weight excluding hydrogens is 286 g/mol. The van der Waals surface area contributed by atoms with Crippen LogP contribution in [0.25, 0.3) is 0 Å². The van der Waals surface area contributed by atoms with Gasteiger partial charge in [0.25, 0.3) is 0 Å². The molecule has 3 nitrogen and oxygen atoms in total. The number of aromatic hydroxyl groups is 1. The summed E-state index contributed by atoms with van der Waals surface area (Å²) in [5.41, 5.74) is 1.53. The fourth-order valence-corrected chi connectivity index (χ4v) is 2.22. The number of carbonyl (C=O) groups is 1. The summed E-state index contributed by atoms with van der Waals surface area (Å²) in [6, 6.07) is 5.41. The van der Waals surface area contributed by atoms with E-state index in [2.05, 4.69) is 25.8 Å². The van der Waals surface area contributed by atoms with Crippen molar-refractivity contribution in [3.05, 3.63) is 35.9 Å². The third kappa shape index (κ3) is 6.01. The van der Waals surface area contributed by atoms with Crippen molar-refractivity contribution in [1.29, 1.82) is 0 Å². The van der Waals surface area contributed by atoms with Crippen LogP contribution in [0.15, 0.2) is 35.3 Å². The number of hydrogen-bond donors (Lipinski definition) is 1. The van der Waals surface area contributed by atoms with E-state index in [1.54, 1.807) is 18.2 Å². The molecule has 0 aliphatic rings. The van der Waals surface area contributed by atoms with Gasteiger partial charge in [0.2, 0.25) is 0 Å². The zero-order chi connectivity index (χ0) is 17.8. The maximum atomic E-state index is 12.5. The van der Waals surface area contributed by atoms with E-state index in [1.807, 2.05) is 39.8 Å². The molecule has 1 rings (SSSR count). The number of nitrogens with zero attached hydrogens (tertiary/aromatic N) is 1. The van der Waals surface area contributed by atoms with Crippen molar-refractivity contribution in [2.24, 2.45) is 15.8 Å². The Bertz CT molecular complexity index is 626. The van der Waals surface area contributed by atoms with Gasteiger partial charge in [0.05, 0.1) is 0 Å². The molecule has 0 saturated carbocycles. The average Bonchev–Trinajstić information content (AvgIpc) is 2.38. The lowest BCUT2D eigenvalue weighted by Crippen LogP contribution is -2.27. The van der Waals surface area contributed by atoms with Crippen LogP contribution in [0.4, 0.5) is 5.69 Å². The Morgan fingerprint density at radius 1 is 1.17 bits per heavy atom. The number of allylic oxidation sites excluding steroid dienone is 2. The molecule has 0 bridgehead atoms. The number of carbonyl (C=O) groups excluding carboxylic acids is 1. The highest BCUT2D eigenvalue weighted by Crippen LogP contribution is 2.31. The number of ketones is 1. The van der Waals surface area contributed by atoms with Gasteiger partial charge in [-0.15, -0.1) is 0 Å². The molecular formula is C20H29NO2. The van der Waals surface area contributed by atoms with Crippen molar-refractivity contribution < 1.29 is 9.90 Å². The van der Waals surface area contributed by atoms with Gasteiger partial charge in [-0.05, 0) is 42.5 Å². The normalized spacial score (nSPS) is 13.6. The largest absolute Gasteiger partial charge is 0.506 e. The summed E-state index contributed by atoms with van der Waals surface area (Å²) in [5.74, 6) is 0.0441. The van der Waals surface area contributed by atoms with E-state index >= 15 is 0 Å². The number of aliphatic imine (C=N–C) groups is 1. The van der Waals surface area contributed by atoms with E-state index in [1.165, 1.54) is 0 Å². The molecule has 126 valence electrons. The molecule has 0 unspecified atom stereocenters. The summed E-state index contributed by atoms with van der Waals surface area (Å²) >= 11 is 0. The lowest BCUT2D eigenvalue weighted by atomic mass is 9.87. The molecule has 0 fully saturated rings. The molecule has 0 aliphatic heterocycles. The molecule has 23 heavy (non-hydrogen) atoms. The first-order valence-corrected chi connectivity index (χ1v) is 8.02. The molecule has 0 amide bonds. The summed E-state index contributed by atoms with van der Waals surface area (Å²) < 4.78 is 0. The van der Waals surface area contributed by atoms with Gasteiger partial charge in [-0.2, -0.15) is 0 Å². The lowest BCUT2D eigenvalue weighted by molar-refractivity contribution is -0.119. The van der Waals surface area contributed by atoms with Gasteiger partial charge in [-0.25, -0.2) is 4.99 Å². The van der Waals surface area contributed by atoms with Gasteiger partial charge in [-0.1, -0.05) is 53.7 Å². The molecule has 3 heteroatoms. The fraction of sp³-hybridized carbons (Fsp3) is 0.500. The smallest absolute Gasteiger partial charge is 0.186 e. The van der Waals surface area contributed by atoms with Crippen molar-refractivity contribution in [2.75, 3.05) is 0 Å². The van der Waals surface area contributed by atoms with Crippen molar-refractivity contribution in [2.45, 2.75) is 54.9 Å². The highest BCUT2D eigenvalue weighted by molar-refractivity contribution is 6.46. The second kappa shape index (κ2) is 7.12. The maximum Gasteiger partial charge on any atom is 0.186 e. The van der Waals surface area contributed by atoms with Crippen LogP contribution in [0.1, 0.15) is 54.0 Å². The number of benzene rings is 1. The van der Waals surface area contributed by atoms with Crippen LogP contribution < -0.4 is 0 Å². The van der Waals surface area contributed by atoms with Gasteiger partial charge >= 0.3 is 0 Å². The van der Waals surface area contributed by atoms with E-state index in [4.69, 9.17) is 0 Å². The molecule has 1 aromatic rings. The van der Waals surface area contributed by atoms with Gasteiger partial charge in [0, 0.05) is 5.41 Å². The monoisotopic (exact) mass is 315 g/mol. The zero-order valence-electron chi connectivity index (χ0n) is 15.4. The highest BCUT2D eigenvalue weighted by atomic mass is 16.3. The second-order valence-electron chi connectivity index (χ2n) is 8.14. The summed E-state index contributed by atoms with van der Waals surface area (Å²) in [7, 11) is 0. The quantitative estimate of drug-likeness (QED) is 0.772. The van der Waals surface area contributed by atoms with Crippen LogP contribution in [-0.4, -0.2) is 16.6 Å². The van der Waals surface area contributed by atoms with Crippen LogP contribution >= 0.6 is 0 Å². The Kier molecular flexibility index (Phi) is 5.92. The van der Waals surface area contributed by atoms with Crippen LogP contribution in [0.2, 0.25) is 0 Å². The molecule has 0 spiro atoms. The molecule has 1 N–H and O–H groups in total. The number of rotatable bonds is 4. The Balaban J connectivity index is 3.31. The standard InChI is InChI=1S/C20H29NO2/c1-8-9-15(18(23)20(5,6)7)21-16-12-14(10-11-17(16)22)13-19(2,3)4/h8-12,22H,13H2,1-7H3/b9-8-,21-15+. The second-order valence-corrected chi connectivity index (χ2v) is 8.14. The number of phenols is 1. The van der Waals surface area contributed by atoms with Gasteiger partial charge < -0.3 is 5.11 Å². The average molecular weight is 315 g/mol. The SMILES string of the molecule is C/C=C\C(=N/c1cc(CC(C)(C)C)ccc1O)C(=O)C(C)(C)C. The van der Waals surface area contributed by atoms with E-state index < -0.39 is 5.41 Å². The predicted octanol–water partition coefficient (Wildman–Crippen LogP) is 5.24. The first-order valence-electron chi connectivity index (χ1n) is 8.02. The Morgan fingerprint density at radius 3 is 2.26 bits per heavy atom. The third-order valence-corrected chi connectivity index (χ3v) is 3.25. The lowest BCUT2D eigenvalue weighted by Gasteiger charge is -2.19. The zero-order valence-corrected chi connectivity index (χ0v) is 15.4. The van der Waals surface area contributed by atoms with Crippen LogP contribution in [-0.2, 0) is 11.2 Å². The number of phenolic OH excluding ortho intramolecular Hbond substituents is 1. The maximum absolute atomic E-state index is 12.5. The number of Topliss-reactive ketones (excluding diaryl/α,β-unsaturated/α-hetero) is 1. The topological polar surface area (TPSA) is 49.7 Å². The summed E-state index contributed by atoms with van der Waals surface area (Å²) in [4.78, 5) is 17.0.